The predicted molar refractivity (Wildman–Crippen MR) is 62.9 cm³/mol. The third-order valence-corrected chi connectivity index (χ3v) is 2.81. The standard InChI is InChI=1S/C12H12ClFN2/c1-2-16-7-6-15-12(16)11-9(8-13)4-3-5-10(11)14/h3-7H,2,8H2,1H3. The van der Waals surface area contributed by atoms with E-state index in [4.69, 9.17) is 11.6 Å². The Bertz CT molecular complexity index is 494. The zero-order chi connectivity index (χ0) is 11.5. The molecule has 0 saturated carbocycles. The van der Waals surface area contributed by atoms with Crippen LogP contribution in [0, 0.1) is 5.82 Å². The van der Waals surface area contributed by atoms with Gasteiger partial charge in [0.2, 0.25) is 0 Å². The van der Waals surface area contributed by atoms with Gasteiger partial charge in [-0.25, -0.2) is 9.37 Å². The lowest BCUT2D eigenvalue weighted by Gasteiger charge is -2.09. The molecule has 1 aromatic heterocycles. The smallest absolute Gasteiger partial charge is 0.143 e. The van der Waals surface area contributed by atoms with Crippen molar-refractivity contribution in [1.82, 2.24) is 9.55 Å². The van der Waals surface area contributed by atoms with E-state index in [1.807, 2.05) is 23.8 Å². The maximum Gasteiger partial charge on any atom is 0.143 e. The van der Waals surface area contributed by atoms with Crippen LogP contribution in [-0.4, -0.2) is 9.55 Å². The van der Waals surface area contributed by atoms with Gasteiger partial charge in [-0.1, -0.05) is 12.1 Å². The van der Waals surface area contributed by atoms with Gasteiger partial charge in [0.25, 0.3) is 0 Å². The molecule has 2 rings (SSSR count). The third kappa shape index (κ3) is 1.83. The highest BCUT2D eigenvalue weighted by atomic mass is 35.5. The highest BCUT2D eigenvalue weighted by Crippen LogP contribution is 2.26. The van der Waals surface area contributed by atoms with Crippen molar-refractivity contribution in [2.45, 2.75) is 19.3 Å². The molecular formula is C12H12ClFN2. The molecule has 1 heterocycles. The molecule has 1 aromatic carbocycles. The Balaban J connectivity index is 2.63. The fraction of sp³-hybridized carbons (Fsp3) is 0.250. The Hall–Kier alpha value is -1.35. The Labute approximate surface area is 98.7 Å². The summed E-state index contributed by atoms with van der Waals surface area (Å²) in [4.78, 5) is 4.19. The number of rotatable bonds is 3. The van der Waals surface area contributed by atoms with E-state index in [9.17, 15) is 4.39 Å². The quantitative estimate of drug-likeness (QED) is 0.749. The molecule has 0 spiro atoms. The summed E-state index contributed by atoms with van der Waals surface area (Å²) >= 11 is 5.81. The normalized spacial score (nSPS) is 10.7. The number of imidazole rings is 1. The molecule has 0 amide bonds. The molecule has 0 bridgehead atoms. The van der Waals surface area contributed by atoms with Crippen molar-refractivity contribution in [3.8, 4) is 11.4 Å². The average molecular weight is 239 g/mol. The largest absolute Gasteiger partial charge is 0.331 e. The van der Waals surface area contributed by atoms with E-state index < -0.39 is 0 Å². The molecule has 0 aliphatic heterocycles. The van der Waals surface area contributed by atoms with E-state index in [1.165, 1.54) is 6.07 Å². The number of nitrogens with zero attached hydrogens (tertiary/aromatic N) is 2. The molecule has 0 saturated heterocycles. The van der Waals surface area contributed by atoms with Crippen LogP contribution in [0.15, 0.2) is 30.6 Å². The summed E-state index contributed by atoms with van der Waals surface area (Å²) in [6, 6.07) is 4.91. The van der Waals surface area contributed by atoms with Gasteiger partial charge in [-0.3, -0.25) is 0 Å². The summed E-state index contributed by atoms with van der Waals surface area (Å²) in [7, 11) is 0. The fourth-order valence-corrected chi connectivity index (χ4v) is 1.95. The zero-order valence-electron chi connectivity index (χ0n) is 8.95. The van der Waals surface area contributed by atoms with Gasteiger partial charge in [0.05, 0.1) is 5.56 Å². The first-order valence-electron chi connectivity index (χ1n) is 5.12. The molecule has 16 heavy (non-hydrogen) atoms. The SMILES string of the molecule is CCn1ccnc1-c1c(F)cccc1CCl. The van der Waals surface area contributed by atoms with E-state index in [1.54, 1.807) is 12.3 Å². The molecule has 0 N–H and O–H groups in total. The van der Waals surface area contributed by atoms with Crippen molar-refractivity contribution >= 4 is 11.6 Å². The van der Waals surface area contributed by atoms with Gasteiger partial charge in [0.1, 0.15) is 11.6 Å². The van der Waals surface area contributed by atoms with Crippen LogP contribution in [0.25, 0.3) is 11.4 Å². The van der Waals surface area contributed by atoms with Crippen molar-refractivity contribution in [1.29, 1.82) is 0 Å². The van der Waals surface area contributed by atoms with Crippen LogP contribution in [-0.2, 0) is 12.4 Å². The van der Waals surface area contributed by atoms with Crippen molar-refractivity contribution in [3.05, 3.63) is 42.0 Å². The zero-order valence-corrected chi connectivity index (χ0v) is 9.71. The number of aromatic nitrogens is 2. The maximum atomic E-state index is 13.8. The summed E-state index contributed by atoms with van der Waals surface area (Å²) in [6.07, 6.45) is 3.50. The van der Waals surface area contributed by atoms with E-state index in [0.29, 0.717) is 11.4 Å². The second-order valence-corrected chi connectivity index (χ2v) is 3.71. The summed E-state index contributed by atoms with van der Waals surface area (Å²) < 4.78 is 15.7. The minimum atomic E-state index is -0.279. The summed E-state index contributed by atoms with van der Waals surface area (Å²) in [5, 5.41) is 0. The van der Waals surface area contributed by atoms with Crippen LogP contribution in [0.3, 0.4) is 0 Å². The summed E-state index contributed by atoms with van der Waals surface area (Å²) in [5.41, 5.74) is 1.27. The van der Waals surface area contributed by atoms with Gasteiger partial charge in [-0.15, -0.1) is 11.6 Å². The first-order valence-corrected chi connectivity index (χ1v) is 5.66. The Morgan fingerprint density at radius 1 is 1.44 bits per heavy atom. The number of alkyl halides is 1. The van der Waals surface area contributed by atoms with Crippen molar-refractivity contribution in [2.24, 2.45) is 0 Å². The van der Waals surface area contributed by atoms with E-state index >= 15 is 0 Å². The molecule has 0 fully saturated rings. The van der Waals surface area contributed by atoms with Crippen molar-refractivity contribution in [3.63, 3.8) is 0 Å². The molecule has 2 nitrogen and oxygen atoms in total. The third-order valence-electron chi connectivity index (χ3n) is 2.52. The minimum absolute atomic E-state index is 0.279. The maximum absolute atomic E-state index is 13.8. The number of hydrogen-bond donors (Lipinski definition) is 0. The number of benzene rings is 1. The molecule has 84 valence electrons. The topological polar surface area (TPSA) is 17.8 Å². The van der Waals surface area contributed by atoms with Crippen LogP contribution in [0.4, 0.5) is 4.39 Å². The van der Waals surface area contributed by atoms with Gasteiger partial charge in [0, 0.05) is 24.8 Å². The van der Waals surface area contributed by atoms with E-state index in [0.717, 1.165) is 12.1 Å². The molecule has 0 unspecified atom stereocenters. The molecule has 0 aliphatic carbocycles. The van der Waals surface area contributed by atoms with Gasteiger partial charge >= 0.3 is 0 Å². The summed E-state index contributed by atoms with van der Waals surface area (Å²) in [6.45, 7) is 2.75. The number of halogens is 2. The Morgan fingerprint density at radius 2 is 2.25 bits per heavy atom. The van der Waals surface area contributed by atoms with Crippen molar-refractivity contribution < 1.29 is 4.39 Å². The van der Waals surface area contributed by atoms with Crippen LogP contribution < -0.4 is 0 Å². The van der Waals surface area contributed by atoms with Crippen LogP contribution in [0.5, 0.6) is 0 Å². The lowest BCUT2D eigenvalue weighted by Crippen LogP contribution is -2.00. The molecular weight excluding hydrogens is 227 g/mol. The first kappa shape index (κ1) is 11.1. The Morgan fingerprint density at radius 3 is 2.94 bits per heavy atom. The average Bonchev–Trinajstić information content (AvgIpc) is 2.76. The first-order chi connectivity index (χ1) is 7.77. The van der Waals surface area contributed by atoms with E-state index in [2.05, 4.69) is 4.98 Å². The monoisotopic (exact) mass is 238 g/mol. The Kier molecular flexibility index (Phi) is 3.25. The molecule has 0 aliphatic rings. The predicted octanol–water partition coefficient (Wildman–Crippen LogP) is 3.45. The minimum Gasteiger partial charge on any atom is -0.331 e. The molecule has 0 radical (unpaired) electrons. The van der Waals surface area contributed by atoms with Crippen LogP contribution >= 0.6 is 11.6 Å². The lowest BCUT2D eigenvalue weighted by molar-refractivity contribution is 0.626. The molecule has 4 heteroatoms. The second-order valence-electron chi connectivity index (χ2n) is 3.44. The van der Waals surface area contributed by atoms with Crippen LogP contribution in [0.1, 0.15) is 12.5 Å². The van der Waals surface area contributed by atoms with Gasteiger partial charge < -0.3 is 4.57 Å². The molecule has 0 atom stereocenters. The molecule has 2 aromatic rings. The highest BCUT2D eigenvalue weighted by Gasteiger charge is 2.14. The van der Waals surface area contributed by atoms with Gasteiger partial charge in [-0.05, 0) is 18.6 Å². The highest BCUT2D eigenvalue weighted by molar-refractivity contribution is 6.17. The fourth-order valence-electron chi connectivity index (χ4n) is 1.72. The second kappa shape index (κ2) is 4.66. The number of hydrogen-bond acceptors (Lipinski definition) is 1. The summed E-state index contributed by atoms with van der Waals surface area (Å²) in [5.74, 6) is 0.638. The van der Waals surface area contributed by atoms with Gasteiger partial charge in [-0.2, -0.15) is 0 Å². The van der Waals surface area contributed by atoms with Crippen molar-refractivity contribution in [2.75, 3.05) is 0 Å². The lowest BCUT2D eigenvalue weighted by atomic mass is 10.1. The van der Waals surface area contributed by atoms with Crippen LogP contribution in [0.2, 0.25) is 0 Å². The van der Waals surface area contributed by atoms with E-state index in [-0.39, 0.29) is 11.7 Å². The van der Waals surface area contributed by atoms with Gasteiger partial charge in [0.15, 0.2) is 0 Å². The number of aryl methyl sites for hydroxylation is 1.